The average Bonchev–Trinajstić information content (AvgIpc) is 3.19. The molecule has 0 aromatic heterocycles. The summed E-state index contributed by atoms with van der Waals surface area (Å²) in [7, 11) is 7.64. The molecule has 0 aliphatic rings. The summed E-state index contributed by atoms with van der Waals surface area (Å²) >= 11 is 11.6. The number of anilines is 8. The number of benzene rings is 6. The molecule has 0 bridgehead atoms. The number of ketones is 2. The van der Waals surface area contributed by atoms with Crippen LogP contribution < -0.4 is 44.2 Å². The average molecular weight is 914 g/mol. The van der Waals surface area contributed by atoms with Gasteiger partial charge in [-0.1, -0.05) is 47.5 Å². The summed E-state index contributed by atoms with van der Waals surface area (Å²) in [4.78, 5) is 28.6. The van der Waals surface area contributed by atoms with Crippen molar-refractivity contribution in [2.24, 2.45) is 0 Å². The Morgan fingerprint density at radius 2 is 0.746 bits per heavy atom. The summed E-state index contributed by atoms with van der Waals surface area (Å²) in [6.07, 6.45) is -11.3. The largest absolute Gasteiger partial charge is 0.411 e. The van der Waals surface area contributed by atoms with E-state index in [4.69, 9.17) is 57.6 Å². The number of halogens is 8. The number of nitrogen functional groups attached to an aromatic ring is 6. The molecule has 6 aromatic rings. The number of carbonyl (C=O) groups excluding carboxylic acids is 2. The second-order valence-electron chi connectivity index (χ2n) is 14.5. The van der Waals surface area contributed by atoms with Crippen molar-refractivity contribution in [2.45, 2.75) is 17.8 Å². The van der Waals surface area contributed by atoms with E-state index in [0.717, 1.165) is 35.6 Å². The van der Waals surface area contributed by atoms with Crippen LogP contribution in [0.15, 0.2) is 121 Å². The Balaban J connectivity index is 0.000000209. The number of carbonyl (C=O) groups is 2. The Labute approximate surface area is 369 Å². The molecule has 6 rings (SSSR count). The van der Waals surface area contributed by atoms with Crippen LogP contribution in [0.2, 0.25) is 10.0 Å². The maximum atomic E-state index is 13.7. The fourth-order valence-electron chi connectivity index (χ4n) is 6.44. The smallest absolute Gasteiger partial charge is 0.399 e. The van der Waals surface area contributed by atoms with Crippen LogP contribution in [0, 0.1) is 0 Å². The highest BCUT2D eigenvalue weighted by Crippen LogP contribution is 2.56. The number of nitrogens with two attached hydrogens (primary N) is 6. The number of nitrogens with zero attached hydrogens (tertiary/aromatic N) is 2. The molecule has 63 heavy (non-hydrogen) atoms. The molecule has 0 amide bonds. The first-order valence-corrected chi connectivity index (χ1v) is 19.2. The van der Waals surface area contributed by atoms with Gasteiger partial charge in [0, 0.05) is 61.8 Å². The molecule has 0 saturated heterocycles. The summed E-state index contributed by atoms with van der Waals surface area (Å²) in [5.74, 6) is -0.268. The van der Waals surface area contributed by atoms with Crippen LogP contribution in [-0.4, -0.2) is 52.1 Å². The van der Waals surface area contributed by atoms with Crippen LogP contribution in [-0.2, 0) is 5.41 Å². The Morgan fingerprint density at radius 1 is 0.444 bits per heavy atom. The molecule has 18 heteroatoms. The van der Waals surface area contributed by atoms with Gasteiger partial charge >= 0.3 is 12.4 Å². The lowest BCUT2D eigenvalue weighted by atomic mass is 9.72. The number of hydrogen-bond acceptors (Lipinski definition) is 10. The lowest BCUT2D eigenvalue weighted by Gasteiger charge is -2.38. The first-order valence-electron chi connectivity index (χ1n) is 18.5. The molecule has 0 fully saturated rings. The summed E-state index contributed by atoms with van der Waals surface area (Å²) in [5.41, 5.74) is 33.2. The third-order valence-corrected chi connectivity index (χ3v) is 10.2. The maximum absolute atomic E-state index is 13.7. The van der Waals surface area contributed by atoms with E-state index in [0.29, 0.717) is 67.2 Å². The van der Waals surface area contributed by atoms with Crippen LogP contribution in [0.5, 0.6) is 0 Å². The first kappa shape index (κ1) is 48.9. The first-order chi connectivity index (χ1) is 29.3. The van der Waals surface area contributed by atoms with Gasteiger partial charge in [-0.15, -0.1) is 0 Å². The van der Waals surface area contributed by atoms with E-state index >= 15 is 0 Å². The number of rotatable bonds is 8. The van der Waals surface area contributed by atoms with E-state index in [1.165, 1.54) is 24.3 Å². The fourth-order valence-corrected chi connectivity index (χ4v) is 6.67. The van der Waals surface area contributed by atoms with Crippen LogP contribution in [0.25, 0.3) is 0 Å². The molecule has 12 N–H and O–H groups in total. The van der Waals surface area contributed by atoms with Crippen LogP contribution in [0.4, 0.5) is 71.8 Å². The number of alkyl halides is 6. The lowest BCUT2D eigenvalue weighted by molar-refractivity contribution is -0.288. The van der Waals surface area contributed by atoms with Gasteiger partial charge in [0.15, 0.2) is 11.6 Å². The third kappa shape index (κ3) is 11.0. The molecule has 0 aliphatic heterocycles. The van der Waals surface area contributed by atoms with Crippen LogP contribution in [0.1, 0.15) is 43.0 Å². The second-order valence-corrected chi connectivity index (χ2v) is 15.3. The highest BCUT2D eigenvalue weighted by molar-refractivity contribution is 6.34. The predicted molar refractivity (Wildman–Crippen MR) is 244 cm³/mol. The zero-order valence-electron chi connectivity index (χ0n) is 34.2. The summed E-state index contributed by atoms with van der Waals surface area (Å²) in [5, 5.41) is 0.837. The van der Waals surface area contributed by atoms with E-state index in [2.05, 4.69) is 0 Å². The number of hydrogen-bond donors (Lipinski definition) is 6. The van der Waals surface area contributed by atoms with E-state index < -0.39 is 28.9 Å². The molecule has 0 radical (unpaired) electrons. The van der Waals surface area contributed by atoms with Gasteiger partial charge in [0.05, 0.1) is 44.2 Å². The monoisotopic (exact) mass is 912 g/mol. The normalized spacial score (nSPS) is 11.4. The summed E-state index contributed by atoms with van der Waals surface area (Å²) in [6, 6.07) is 27.5. The molecule has 0 saturated carbocycles. The zero-order chi connectivity index (χ0) is 47.2. The topological polar surface area (TPSA) is 197 Å². The molecule has 0 unspecified atom stereocenters. The van der Waals surface area contributed by atoms with Crippen molar-refractivity contribution in [1.29, 1.82) is 0 Å². The van der Waals surface area contributed by atoms with Crippen molar-refractivity contribution in [3.8, 4) is 0 Å². The van der Waals surface area contributed by atoms with Crippen LogP contribution in [0.3, 0.4) is 0 Å². The molecule has 0 heterocycles. The van der Waals surface area contributed by atoms with E-state index in [9.17, 15) is 35.9 Å². The van der Waals surface area contributed by atoms with Crippen LogP contribution >= 0.6 is 23.2 Å². The minimum atomic E-state index is -5.65. The fraction of sp³-hybridized carbons (Fsp3) is 0.156. The van der Waals surface area contributed by atoms with Crippen molar-refractivity contribution >= 4 is 80.3 Å². The second kappa shape index (κ2) is 19.5. The van der Waals surface area contributed by atoms with Crippen molar-refractivity contribution in [1.82, 2.24) is 0 Å². The standard InChI is InChI=1S/C17H22N4O.C15H12F6N2.C13H10Cl2N2O/c1-20(2)15-7-5-11(9-13(15)18)17(22)12-6-8-16(21(3)4)14(19)10-12;16-14(17,18)13(15(19,20)21,9-3-1-5-11(22)7-9)10-4-2-6-12(23)8-10;14-9-3-1-7(5-11(9)16)13(18)8-2-4-10(15)12(17)6-8/h5-10H,18-19H2,1-4H3;1-8H,22-23H2;1-6H,16-17H2. The van der Waals surface area contributed by atoms with Crippen molar-refractivity contribution in [3.05, 3.63) is 165 Å². The van der Waals surface area contributed by atoms with Gasteiger partial charge in [0.1, 0.15) is 0 Å². The molecule has 6 aromatic carbocycles. The van der Waals surface area contributed by atoms with Gasteiger partial charge in [-0.25, -0.2) is 0 Å². The summed E-state index contributed by atoms with van der Waals surface area (Å²) < 4.78 is 82.2. The molecular weight excluding hydrogens is 869 g/mol. The van der Waals surface area contributed by atoms with Crippen molar-refractivity contribution in [2.75, 3.05) is 72.4 Å². The Kier molecular flexibility index (Phi) is 15.1. The molecule has 0 spiro atoms. The SMILES string of the molecule is CN(C)c1ccc(C(=O)c2ccc(N(C)C)c(N)c2)cc1N.Nc1cc(C(=O)c2ccc(Cl)c(N)c2)ccc1Cl.Nc1cccc(C(c2cccc(N)c2)(C(F)(F)F)C(F)(F)F)c1. The third-order valence-electron chi connectivity index (χ3n) is 9.55. The highest BCUT2D eigenvalue weighted by atomic mass is 35.5. The molecule has 10 nitrogen and oxygen atoms in total. The minimum absolute atomic E-state index is 0.0889. The molecule has 0 aliphatic carbocycles. The Bertz CT molecular complexity index is 2440. The van der Waals surface area contributed by atoms with Crippen molar-refractivity contribution < 1.29 is 35.9 Å². The Morgan fingerprint density at radius 3 is 1.00 bits per heavy atom. The van der Waals surface area contributed by atoms with Gasteiger partial charge in [-0.3, -0.25) is 9.59 Å². The predicted octanol–water partition coefficient (Wildman–Crippen LogP) is 9.86. The van der Waals surface area contributed by atoms with E-state index in [1.54, 1.807) is 48.5 Å². The van der Waals surface area contributed by atoms with E-state index in [1.807, 2.05) is 50.1 Å². The van der Waals surface area contributed by atoms with Gasteiger partial charge in [0.2, 0.25) is 5.41 Å². The lowest BCUT2D eigenvalue weighted by Crippen LogP contribution is -2.54. The molecule has 0 atom stereocenters. The molecule has 332 valence electrons. The van der Waals surface area contributed by atoms with Gasteiger partial charge < -0.3 is 44.2 Å². The quantitative estimate of drug-likeness (QED) is 0.0486. The van der Waals surface area contributed by atoms with Gasteiger partial charge in [0.25, 0.3) is 0 Å². The highest BCUT2D eigenvalue weighted by Gasteiger charge is 2.72. The molecular formula is C45H44Cl2F6N8O2. The summed E-state index contributed by atoms with van der Waals surface area (Å²) in [6.45, 7) is 0. The zero-order valence-corrected chi connectivity index (χ0v) is 35.8. The van der Waals surface area contributed by atoms with Gasteiger partial charge in [-0.2, -0.15) is 26.3 Å². The Hall–Kier alpha value is -6.78. The van der Waals surface area contributed by atoms with Gasteiger partial charge in [-0.05, 0) is 108 Å². The van der Waals surface area contributed by atoms with E-state index in [-0.39, 0.29) is 22.9 Å². The maximum Gasteiger partial charge on any atom is 0.411 e. The minimum Gasteiger partial charge on any atom is -0.399 e. The van der Waals surface area contributed by atoms with Crippen molar-refractivity contribution in [3.63, 3.8) is 0 Å².